The summed E-state index contributed by atoms with van der Waals surface area (Å²) in [6, 6.07) is 0. The molecule has 0 bridgehead atoms. The monoisotopic (exact) mass is 362 g/mol. The molecule has 7 atom stereocenters. The van der Waals surface area contributed by atoms with Crippen LogP contribution in [0.5, 0.6) is 0 Å². The largest absolute Gasteiger partial charge is 0.462 e. The molecule has 0 spiro atoms. The average Bonchev–Trinajstić information content (AvgIpc) is 2.87. The third kappa shape index (κ3) is 3.25. The molecule has 3 aliphatic carbocycles. The third-order valence-electron chi connectivity index (χ3n) is 8.57. The number of carbonyl (C=O) groups excluding carboxylic acids is 1. The van der Waals surface area contributed by atoms with Gasteiger partial charge in [-0.25, -0.2) is 0 Å². The number of hydrogen-bond donors (Lipinski definition) is 1. The highest BCUT2D eigenvalue weighted by molar-refractivity contribution is 5.66. The van der Waals surface area contributed by atoms with Crippen LogP contribution in [-0.4, -0.2) is 23.8 Å². The summed E-state index contributed by atoms with van der Waals surface area (Å²) in [5, 5.41) is 9.68. The number of rotatable bonds is 4. The zero-order valence-corrected chi connectivity index (χ0v) is 17.2. The van der Waals surface area contributed by atoms with Crippen LogP contribution in [-0.2, 0) is 9.53 Å². The van der Waals surface area contributed by atoms with Crippen molar-refractivity contribution >= 4 is 5.97 Å². The van der Waals surface area contributed by atoms with E-state index in [4.69, 9.17) is 4.74 Å². The number of carbonyl (C=O) groups is 1. The van der Waals surface area contributed by atoms with Crippen LogP contribution < -0.4 is 0 Å². The van der Waals surface area contributed by atoms with Crippen molar-refractivity contribution in [2.75, 3.05) is 6.61 Å². The first-order valence-corrected chi connectivity index (χ1v) is 10.7. The standard InChI is InChI=1S/C23H38O3/c1-15-8-11-23(5,18(14-15)10-13-24)20-9-12-22(4)16(2)6-7-19(22)21(20)26-17(3)25/h15,18-21,24H,2,6-14H2,1,3-5H3/t15-,18-,19-,20-,21-,22+,23-/m0/s1. The Hall–Kier alpha value is -0.830. The van der Waals surface area contributed by atoms with Gasteiger partial charge in [0.1, 0.15) is 6.10 Å². The van der Waals surface area contributed by atoms with Crippen molar-refractivity contribution in [3.8, 4) is 0 Å². The Balaban J connectivity index is 1.93. The van der Waals surface area contributed by atoms with E-state index in [0.29, 0.717) is 17.8 Å². The van der Waals surface area contributed by atoms with Gasteiger partial charge in [-0.15, -0.1) is 0 Å². The molecule has 0 heterocycles. The first-order chi connectivity index (χ1) is 12.2. The van der Waals surface area contributed by atoms with E-state index >= 15 is 0 Å². The summed E-state index contributed by atoms with van der Waals surface area (Å²) in [6.45, 7) is 13.3. The Morgan fingerprint density at radius 2 is 1.96 bits per heavy atom. The van der Waals surface area contributed by atoms with Crippen LogP contribution in [0.1, 0.15) is 79.1 Å². The summed E-state index contributed by atoms with van der Waals surface area (Å²) in [7, 11) is 0. The summed E-state index contributed by atoms with van der Waals surface area (Å²) in [6.07, 6.45) is 8.94. The van der Waals surface area contributed by atoms with Gasteiger partial charge in [0.25, 0.3) is 0 Å². The number of hydrogen-bond acceptors (Lipinski definition) is 3. The molecule has 26 heavy (non-hydrogen) atoms. The minimum atomic E-state index is -0.145. The predicted octanol–water partition coefficient (Wildman–Crippen LogP) is 5.13. The van der Waals surface area contributed by atoms with E-state index < -0.39 is 0 Å². The molecule has 0 aliphatic heterocycles. The SMILES string of the molecule is C=C1CC[C@H]2[C@H](OC(C)=O)[C@@H]([C@@]3(C)CC[C@H](C)C[C@@H]3CCO)CC[C@]12C. The molecule has 3 nitrogen and oxygen atoms in total. The maximum Gasteiger partial charge on any atom is 0.302 e. The smallest absolute Gasteiger partial charge is 0.302 e. The lowest BCUT2D eigenvalue weighted by molar-refractivity contribution is -0.172. The number of esters is 1. The van der Waals surface area contributed by atoms with E-state index in [1.165, 1.54) is 24.8 Å². The average molecular weight is 363 g/mol. The molecule has 0 aromatic rings. The van der Waals surface area contributed by atoms with Gasteiger partial charge in [-0.1, -0.05) is 39.3 Å². The van der Waals surface area contributed by atoms with Crippen LogP contribution in [0.3, 0.4) is 0 Å². The summed E-state index contributed by atoms with van der Waals surface area (Å²) in [4.78, 5) is 12.0. The summed E-state index contributed by atoms with van der Waals surface area (Å²) in [5.74, 6) is 1.91. The maximum atomic E-state index is 12.0. The fourth-order valence-corrected chi connectivity index (χ4v) is 6.77. The molecule has 3 aliphatic rings. The lowest BCUT2D eigenvalue weighted by Gasteiger charge is -2.56. The molecular formula is C23H38O3. The maximum absolute atomic E-state index is 12.0. The Labute approximate surface area is 159 Å². The van der Waals surface area contributed by atoms with E-state index in [1.807, 2.05) is 0 Å². The molecular weight excluding hydrogens is 324 g/mol. The van der Waals surface area contributed by atoms with Gasteiger partial charge in [0.15, 0.2) is 0 Å². The predicted molar refractivity (Wildman–Crippen MR) is 105 cm³/mol. The zero-order valence-electron chi connectivity index (χ0n) is 17.2. The molecule has 0 amide bonds. The van der Waals surface area contributed by atoms with Crippen LogP contribution >= 0.6 is 0 Å². The van der Waals surface area contributed by atoms with Crippen molar-refractivity contribution in [2.24, 2.45) is 34.5 Å². The number of ether oxygens (including phenoxy) is 1. The minimum absolute atomic E-state index is 0.00472. The van der Waals surface area contributed by atoms with Crippen molar-refractivity contribution in [2.45, 2.75) is 85.2 Å². The van der Waals surface area contributed by atoms with Gasteiger partial charge in [0.05, 0.1) is 0 Å². The molecule has 3 fully saturated rings. The second-order valence-corrected chi connectivity index (χ2v) is 9.98. The first-order valence-electron chi connectivity index (χ1n) is 10.7. The molecule has 1 N–H and O–H groups in total. The van der Waals surface area contributed by atoms with Crippen LogP contribution in [0.2, 0.25) is 0 Å². The van der Waals surface area contributed by atoms with Crippen molar-refractivity contribution in [3.63, 3.8) is 0 Å². The highest BCUT2D eigenvalue weighted by atomic mass is 16.5. The molecule has 148 valence electrons. The molecule has 0 radical (unpaired) electrons. The van der Waals surface area contributed by atoms with Gasteiger partial charge < -0.3 is 9.84 Å². The Morgan fingerprint density at radius 3 is 2.62 bits per heavy atom. The van der Waals surface area contributed by atoms with Crippen LogP contribution in [0.4, 0.5) is 0 Å². The lowest BCUT2D eigenvalue weighted by Crippen LogP contribution is -2.53. The summed E-state index contributed by atoms with van der Waals surface area (Å²) < 4.78 is 6.06. The highest BCUT2D eigenvalue weighted by Gasteiger charge is 2.57. The van der Waals surface area contributed by atoms with Gasteiger partial charge >= 0.3 is 5.97 Å². The van der Waals surface area contributed by atoms with Gasteiger partial charge in [0.2, 0.25) is 0 Å². The van der Waals surface area contributed by atoms with Gasteiger partial charge in [-0.3, -0.25) is 4.79 Å². The fourth-order valence-electron chi connectivity index (χ4n) is 6.77. The molecule has 0 unspecified atom stereocenters. The zero-order chi connectivity index (χ0) is 19.1. The molecule has 3 rings (SSSR count). The van der Waals surface area contributed by atoms with Crippen LogP contribution in [0.15, 0.2) is 12.2 Å². The Morgan fingerprint density at radius 1 is 1.23 bits per heavy atom. The number of aliphatic hydroxyl groups excluding tert-OH is 1. The number of fused-ring (bicyclic) bond motifs is 1. The second-order valence-electron chi connectivity index (χ2n) is 9.98. The lowest BCUT2D eigenvalue weighted by atomic mass is 9.51. The summed E-state index contributed by atoms with van der Waals surface area (Å²) in [5.41, 5.74) is 1.63. The number of aliphatic hydroxyl groups is 1. The normalized spacial score (nSPS) is 46.0. The van der Waals surface area contributed by atoms with E-state index in [0.717, 1.165) is 38.0 Å². The highest BCUT2D eigenvalue weighted by Crippen LogP contribution is 2.62. The molecule has 3 heteroatoms. The summed E-state index contributed by atoms with van der Waals surface area (Å²) >= 11 is 0. The van der Waals surface area contributed by atoms with Crippen LogP contribution in [0, 0.1) is 34.5 Å². The Bertz CT molecular complexity index is 556. The van der Waals surface area contributed by atoms with E-state index in [1.54, 1.807) is 6.92 Å². The molecule has 0 saturated heterocycles. The van der Waals surface area contributed by atoms with Gasteiger partial charge in [-0.05, 0) is 67.6 Å². The van der Waals surface area contributed by atoms with E-state index in [2.05, 4.69) is 27.4 Å². The van der Waals surface area contributed by atoms with Crippen LogP contribution in [0.25, 0.3) is 0 Å². The van der Waals surface area contributed by atoms with Crippen molar-refractivity contribution in [1.82, 2.24) is 0 Å². The number of allylic oxidation sites excluding steroid dienone is 1. The Kier molecular flexibility index (Phi) is 5.59. The molecule has 0 aromatic heterocycles. The topological polar surface area (TPSA) is 46.5 Å². The van der Waals surface area contributed by atoms with E-state index in [9.17, 15) is 9.90 Å². The quantitative estimate of drug-likeness (QED) is 0.557. The molecule has 0 aromatic carbocycles. The molecule has 3 saturated carbocycles. The minimum Gasteiger partial charge on any atom is -0.462 e. The third-order valence-corrected chi connectivity index (χ3v) is 8.57. The van der Waals surface area contributed by atoms with Gasteiger partial charge in [0, 0.05) is 25.4 Å². The van der Waals surface area contributed by atoms with E-state index in [-0.39, 0.29) is 29.5 Å². The second kappa shape index (κ2) is 7.30. The van der Waals surface area contributed by atoms with Crippen molar-refractivity contribution < 1.29 is 14.6 Å². The fraction of sp³-hybridized carbons (Fsp3) is 0.870. The first kappa shape index (κ1) is 19.9. The van der Waals surface area contributed by atoms with Crippen molar-refractivity contribution in [1.29, 1.82) is 0 Å². The van der Waals surface area contributed by atoms with Crippen molar-refractivity contribution in [3.05, 3.63) is 12.2 Å². The van der Waals surface area contributed by atoms with Gasteiger partial charge in [-0.2, -0.15) is 0 Å².